The van der Waals surface area contributed by atoms with Crippen LogP contribution in [0.15, 0.2) is 24.1 Å². The lowest BCUT2D eigenvalue weighted by atomic mass is 10.1. The first-order valence-corrected chi connectivity index (χ1v) is 6.82. The van der Waals surface area contributed by atoms with Crippen LogP contribution in [0.5, 0.6) is 0 Å². The van der Waals surface area contributed by atoms with Gasteiger partial charge in [0.05, 0.1) is 2.88 Å². The molecule has 0 amide bonds. The van der Waals surface area contributed by atoms with Gasteiger partial charge in [-0.25, -0.2) is 0 Å². The molecular formula is C11H16INS. The van der Waals surface area contributed by atoms with E-state index in [2.05, 4.69) is 52.9 Å². The van der Waals surface area contributed by atoms with Crippen molar-refractivity contribution in [3.8, 4) is 0 Å². The van der Waals surface area contributed by atoms with Gasteiger partial charge in [-0.1, -0.05) is 13.0 Å². The number of nitrogens with one attached hydrogen (secondary N) is 1. The Hall–Kier alpha value is 0.130. The van der Waals surface area contributed by atoms with Crippen molar-refractivity contribution in [2.45, 2.75) is 25.8 Å². The van der Waals surface area contributed by atoms with Gasteiger partial charge in [-0.3, -0.25) is 0 Å². The van der Waals surface area contributed by atoms with Crippen molar-refractivity contribution < 1.29 is 0 Å². The van der Waals surface area contributed by atoms with Crippen LogP contribution in [0, 0.1) is 2.88 Å². The van der Waals surface area contributed by atoms with Gasteiger partial charge in [0.15, 0.2) is 0 Å². The molecule has 0 bridgehead atoms. The predicted molar refractivity (Wildman–Crippen MR) is 72.9 cm³/mol. The van der Waals surface area contributed by atoms with Gasteiger partial charge < -0.3 is 5.32 Å². The van der Waals surface area contributed by atoms with E-state index in [4.69, 9.17) is 0 Å². The van der Waals surface area contributed by atoms with Gasteiger partial charge in [0.2, 0.25) is 0 Å². The summed E-state index contributed by atoms with van der Waals surface area (Å²) in [6.07, 6.45) is 4.17. The Morgan fingerprint density at radius 2 is 2.50 bits per heavy atom. The van der Waals surface area contributed by atoms with E-state index in [1.165, 1.54) is 14.9 Å². The van der Waals surface area contributed by atoms with E-state index in [1.54, 1.807) is 11.3 Å². The van der Waals surface area contributed by atoms with Crippen molar-refractivity contribution in [2.24, 2.45) is 0 Å². The topological polar surface area (TPSA) is 12.0 Å². The molecule has 1 aromatic heterocycles. The zero-order valence-corrected chi connectivity index (χ0v) is 11.4. The lowest BCUT2D eigenvalue weighted by Crippen LogP contribution is -2.21. The van der Waals surface area contributed by atoms with Gasteiger partial charge in [0, 0.05) is 6.04 Å². The molecule has 78 valence electrons. The van der Waals surface area contributed by atoms with Gasteiger partial charge in [-0.15, -0.1) is 17.9 Å². The maximum absolute atomic E-state index is 3.80. The fourth-order valence-corrected chi connectivity index (χ4v) is 2.75. The van der Waals surface area contributed by atoms with Crippen molar-refractivity contribution in [1.82, 2.24) is 5.32 Å². The molecule has 0 saturated heterocycles. The minimum absolute atomic E-state index is 0.451. The third-order valence-electron chi connectivity index (χ3n) is 2.03. The Balaban J connectivity index is 2.61. The summed E-state index contributed by atoms with van der Waals surface area (Å²) in [5, 5.41) is 5.77. The van der Waals surface area contributed by atoms with Crippen LogP contribution in [0.25, 0.3) is 0 Å². The first-order chi connectivity index (χ1) is 6.77. The summed E-state index contributed by atoms with van der Waals surface area (Å²) in [5.41, 5.74) is 1.40. The van der Waals surface area contributed by atoms with Crippen molar-refractivity contribution in [2.75, 3.05) is 6.54 Å². The zero-order chi connectivity index (χ0) is 10.4. The van der Waals surface area contributed by atoms with Crippen LogP contribution in [0.4, 0.5) is 0 Å². The lowest BCUT2D eigenvalue weighted by molar-refractivity contribution is 0.538. The van der Waals surface area contributed by atoms with E-state index >= 15 is 0 Å². The van der Waals surface area contributed by atoms with E-state index in [9.17, 15) is 0 Å². The summed E-state index contributed by atoms with van der Waals surface area (Å²) < 4.78 is 1.35. The Morgan fingerprint density at radius 3 is 3.00 bits per heavy atom. The summed E-state index contributed by atoms with van der Waals surface area (Å²) in [4.78, 5) is 0. The standard InChI is InChI=1S/C11H16INS/c1-3-5-10(13-6-4-2)9-7-11(12)14-8-9/h3,7-8,10,13H,1,4-6H2,2H3. The van der Waals surface area contributed by atoms with Crippen molar-refractivity contribution in [3.63, 3.8) is 0 Å². The number of hydrogen-bond acceptors (Lipinski definition) is 2. The largest absolute Gasteiger partial charge is 0.310 e. The molecule has 1 unspecified atom stereocenters. The van der Waals surface area contributed by atoms with Gasteiger partial charge >= 0.3 is 0 Å². The molecule has 0 aliphatic rings. The monoisotopic (exact) mass is 321 g/mol. The third-order valence-corrected chi connectivity index (χ3v) is 3.84. The minimum Gasteiger partial charge on any atom is -0.310 e. The molecule has 1 heterocycles. The molecule has 1 nitrogen and oxygen atoms in total. The molecule has 0 saturated carbocycles. The van der Waals surface area contributed by atoms with Crippen LogP contribution in [0.2, 0.25) is 0 Å². The van der Waals surface area contributed by atoms with Crippen LogP contribution in [0.1, 0.15) is 31.4 Å². The highest BCUT2D eigenvalue weighted by Gasteiger charge is 2.09. The Kier molecular flexibility index (Phi) is 5.74. The van der Waals surface area contributed by atoms with Crippen LogP contribution < -0.4 is 5.32 Å². The molecule has 0 aromatic carbocycles. The summed E-state index contributed by atoms with van der Waals surface area (Å²) in [7, 11) is 0. The summed E-state index contributed by atoms with van der Waals surface area (Å²) in [5.74, 6) is 0. The molecule has 1 atom stereocenters. The van der Waals surface area contributed by atoms with E-state index in [0.717, 1.165) is 13.0 Å². The quantitative estimate of drug-likeness (QED) is 0.617. The van der Waals surface area contributed by atoms with Crippen LogP contribution in [-0.2, 0) is 0 Å². The average molecular weight is 321 g/mol. The molecule has 14 heavy (non-hydrogen) atoms. The second-order valence-corrected chi connectivity index (χ2v) is 6.02. The molecule has 1 rings (SSSR count). The van der Waals surface area contributed by atoms with Crippen LogP contribution in [0.3, 0.4) is 0 Å². The molecular weight excluding hydrogens is 305 g/mol. The van der Waals surface area contributed by atoms with Gasteiger partial charge in [0.25, 0.3) is 0 Å². The molecule has 0 radical (unpaired) electrons. The highest BCUT2D eigenvalue weighted by atomic mass is 127. The molecule has 1 N–H and O–H groups in total. The zero-order valence-electron chi connectivity index (χ0n) is 8.42. The second kappa shape index (κ2) is 6.58. The Labute approximate surface area is 104 Å². The van der Waals surface area contributed by atoms with E-state index in [-0.39, 0.29) is 0 Å². The highest BCUT2D eigenvalue weighted by molar-refractivity contribution is 14.1. The molecule has 0 spiro atoms. The molecule has 3 heteroatoms. The van der Waals surface area contributed by atoms with E-state index in [1.807, 2.05) is 6.08 Å². The van der Waals surface area contributed by atoms with E-state index < -0.39 is 0 Å². The summed E-state index contributed by atoms with van der Waals surface area (Å²) in [6.45, 7) is 7.07. The number of rotatable bonds is 6. The third kappa shape index (κ3) is 3.71. The molecule has 1 aromatic rings. The maximum atomic E-state index is 3.80. The molecule has 0 aliphatic carbocycles. The first-order valence-electron chi connectivity index (χ1n) is 4.86. The molecule has 0 fully saturated rings. The summed E-state index contributed by atoms with van der Waals surface area (Å²) >= 11 is 4.17. The van der Waals surface area contributed by atoms with Gasteiger partial charge in [-0.05, 0) is 59.0 Å². The second-order valence-electron chi connectivity index (χ2n) is 3.22. The Bertz CT molecular complexity index is 283. The first kappa shape index (κ1) is 12.2. The smallest absolute Gasteiger partial charge is 0.0656 e. The van der Waals surface area contributed by atoms with Gasteiger partial charge in [-0.2, -0.15) is 0 Å². The number of hydrogen-bond donors (Lipinski definition) is 1. The van der Waals surface area contributed by atoms with Crippen molar-refractivity contribution in [3.05, 3.63) is 32.5 Å². The highest BCUT2D eigenvalue weighted by Crippen LogP contribution is 2.24. The minimum atomic E-state index is 0.451. The van der Waals surface area contributed by atoms with E-state index in [0.29, 0.717) is 6.04 Å². The molecule has 0 aliphatic heterocycles. The predicted octanol–water partition coefficient (Wildman–Crippen LogP) is 3.97. The van der Waals surface area contributed by atoms with Crippen LogP contribution >= 0.6 is 33.9 Å². The SMILES string of the molecule is C=CCC(NCCC)c1csc(I)c1. The number of halogens is 1. The normalized spacial score (nSPS) is 12.7. The lowest BCUT2D eigenvalue weighted by Gasteiger charge is -2.15. The van der Waals surface area contributed by atoms with Crippen molar-refractivity contribution >= 4 is 33.9 Å². The fourth-order valence-electron chi connectivity index (χ4n) is 1.33. The average Bonchev–Trinajstić information content (AvgIpc) is 2.59. The van der Waals surface area contributed by atoms with Crippen molar-refractivity contribution in [1.29, 1.82) is 0 Å². The van der Waals surface area contributed by atoms with Gasteiger partial charge in [0.1, 0.15) is 0 Å². The summed E-state index contributed by atoms with van der Waals surface area (Å²) in [6, 6.07) is 2.70. The maximum Gasteiger partial charge on any atom is 0.0656 e. The fraction of sp³-hybridized carbons (Fsp3) is 0.455. The van der Waals surface area contributed by atoms with Crippen LogP contribution in [-0.4, -0.2) is 6.54 Å². The Morgan fingerprint density at radius 1 is 1.71 bits per heavy atom. The number of thiophene rings is 1.